The van der Waals surface area contributed by atoms with Crippen LogP contribution in [-0.4, -0.2) is 28.8 Å². The lowest BCUT2D eigenvalue weighted by atomic mass is 10.0. The zero-order valence-corrected chi connectivity index (χ0v) is 14.3. The van der Waals surface area contributed by atoms with E-state index in [2.05, 4.69) is 0 Å². The van der Waals surface area contributed by atoms with E-state index in [1.165, 1.54) is 0 Å². The number of hydrogen-bond acceptors (Lipinski definition) is 2. The molecule has 1 aromatic rings. The molecule has 0 spiro atoms. The Kier molecular flexibility index (Phi) is 4.46. The van der Waals surface area contributed by atoms with Crippen LogP contribution in [-0.2, 0) is 4.79 Å². The van der Waals surface area contributed by atoms with Crippen molar-refractivity contribution in [1.29, 1.82) is 0 Å². The number of amides is 1. The molecule has 1 aromatic carbocycles. The summed E-state index contributed by atoms with van der Waals surface area (Å²) in [6.07, 6.45) is 0.503. The zero-order valence-electron chi connectivity index (χ0n) is 12.8. The third-order valence-corrected chi connectivity index (χ3v) is 5.48. The number of halogens is 2. The third-order valence-electron chi connectivity index (χ3n) is 4.38. The Morgan fingerprint density at radius 2 is 2.10 bits per heavy atom. The second-order valence-electron chi connectivity index (χ2n) is 5.76. The molecule has 0 saturated heterocycles. The summed E-state index contributed by atoms with van der Waals surface area (Å²) in [6, 6.07) is 7.70. The zero-order chi connectivity index (χ0) is 15.8. The van der Waals surface area contributed by atoms with Gasteiger partial charge in [0, 0.05) is 6.54 Å². The summed E-state index contributed by atoms with van der Waals surface area (Å²) in [5.41, 5.74) is 0.350. The number of hydrogen-bond donors (Lipinski definition) is 0. The summed E-state index contributed by atoms with van der Waals surface area (Å²) in [7, 11) is 1.63. The molecule has 0 aliphatic heterocycles. The number of ether oxygens (including phenoxy) is 1. The molecule has 1 aliphatic rings. The van der Waals surface area contributed by atoms with Gasteiger partial charge in [0.15, 0.2) is 0 Å². The number of methoxy groups -OCH3 is 1. The summed E-state index contributed by atoms with van der Waals surface area (Å²) in [5, 5.41) is 0. The van der Waals surface area contributed by atoms with E-state index in [0.29, 0.717) is 13.0 Å². The highest BCUT2D eigenvalue weighted by atomic mass is 35.5. The van der Waals surface area contributed by atoms with Crippen LogP contribution in [0, 0.1) is 5.41 Å². The first-order valence-electron chi connectivity index (χ1n) is 7.09. The van der Waals surface area contributed by atoms with Crippen molar-refractivity contribution in [1.82, 2.24) is 4.90 Å². The number of benzene rings is 1. The van der Waals surface area contributed by atoms with Gasteiger partial charge in [-0.15, -0.1) is 23.2 Å². The van der Waals surface area contributed by atoms with Gasteiger partial charge >= 0.3 is 0 Å². The minimum absolute atomic E-state index is 0.00493. The average Bonchev–Trinajstić information content (AvgIpc) is 2.99. The molecule has 0 heterocycles. The van der Waals surface area contributed by atoms with Gasteiger partial charge in [0.1, 0.15) is 10.1 Å². The molecule has 2 atom stereocenters. The molecule has 116 valence electrons. The van der Waals surface area contributed by atoms with Crippen molar-refractivity contribution in [2.24, 2.45) is 5.41 Å². The van der Waals surface area contributed by atoms with E-state index in [9.17, 15) is 4.79 Å². The Labute approximate surface area is 136 Å². The molecular weight excluding hydrogens is 309 g/mol. The van der Waals surface area contributed by atoms with Crippen LogP contribution in [0.5, 0.6) is 5.75 Å². The highest BCUT2D eigenvalue weighted by molar-refractivity contribution is 6.53. The fourth-order valence-electron chi connectivity index (χ4n) is 2.62. The first-order valence-corrected chi connectivity index (χ1v) is 7.85. The predicted octanol–water partition coefficient (Wildman–Crippen LogP) is 4.19. The fraction of sp³-hybridized carbons (Fsp3) is 0.562. The van der Waals surface area contributed by atoms with Gasteiger partial charge in [-0.3, -0.25) is 4.79 Å². The minimum atomic E-state index is -0.939. The first kappa shape index (κ1) is 16.4. The second kappa shape index (κ2) is 5.69. The van der Waals surface area contributed by atoms with E-state index in [1.54, 1.807) is 7.11 Å². The van der Waals surface area contributed by atoms with Gasteiger partial charge < -0.3 is 9.64 Å². The second-order valence-corrected chi connectivity index (χ2v) is 7.24. The van der Waals surface area contributed by atoms with Crippen molar-refractivity contribution >= 4 is 29.1 Å². The van der Waals surface area contributed by atoms with Crippen LogP contribution >= 0.6 is 23.2 Å². The summed E-state index contributed by atoms with van der Waals surface area (Å²) >= 11 is 12.3. The summed E-state index contributed by atoms with van der Waals surface area (Å²) in [6.45, 7) is 6.41. The highest BCUT2D eigenvalue weighted by Gasteiger charge is 2.68. The van der Waals surface area contributed by atoms with Crippen LogP contribution in [0.25, 0.3) is 0 Å². The van der Waals surface area contributed by atoms with Crippen molar-refractivity contribution in [2.45, 2.75) is 37.6 Å². The lowest BCUT2D eigenvalue weighted by Gasteiger charge is -2.31. The molecule has 0 radical (unpaired) electrons. The molecule has 21 heavy (non-hydrogen) atoms. The standard InChI is InChI=1S/C16H21Cl2NO2/c1-5-19(14(20)15(3)10-16(15,17)18)11(2)12-7-6-8-13(9-12)21-4/h6-9,11H,5,10H2,1-4H3. The van der Waals surface area contributed by atoms with Crippen molar-refractivity contribution in [3.63, 3.8) is 0 Å². The van der Waals surface area contributed by atoms with Gasteiger partial charge in [0.2, 0.25) is 5.91 Å². The summed E-state index contributed by atoms with van der Waals surface area (Å²) < 4.78 is 4.31. The van der Waals surface area contributed by atoms with E-state index in [1.807, 2.05) is 49.9 Å². The SMILES string of the molecule is CCN(C(=O)C1(C)CC1(Cl)Cl)C(C)c1cccc(OC)c1. The Balaban J connectivity index is 2.23. The lowest BCUT2D eigenvalue weighted by molar-refractivity contribution is -0.138. The number of rotatable bonds is 5. The average molecular weight is 330 g/mol. The van der Waals surface area contributed by atoms with Crippen molar-refractivity contribution in [3.05, 3.63) is 29.8 Å². The highest BCUT2D eigenvalue weighted by Crippen LogP contribution is 2.64. The normalized spacial score (nSPS) is 24.3. The van der Waals surface area contributed by atoms with Crippen LogP contribution in [0.3, 0.4) is 0 Å². The van der Waals surface area contributed by atoms with Crippen LogP contribution in [0.4, 0.5) is 0 Å². The Hall–Kier alpha value is -0.930. The topological polar surface area (TPSA) is 29.5 Å². The molecule has 1 aliphatic carbocycles. The Morgan fingerprint density at radius 1 is 1.48 bits per heavy atom. The molecule has 5 heteroatoms. The van der Waals surface area contributed by atoms with Crippen LogP contribution in [0.15, 0.2) is 24.3 Å². The van der Waals surface area contributed by atoms with Crippen molar-refractivity contribution in [2.75, 3.05) is 13.7 Å². The van der Waals surface area contributed by atoms with Gasteiger partial charge in [-0.2, -0.15) is 0 Å². The molecule has 1 fully saturated rings. The molecule has 1 saturated carbocycles. The fourth-order valence-corrected chi connectivity index (χ4v) is 3.32. The molecule has 1 amide bonds. The number of carbonyl (C=O) groups is 1. The van der Waals surface area contributed by atoms with E-state index >= 15 is 0 Å². The van der Waals surface area contributed by atoms with E-state index in [0.717, 1.165) is 11.3 Å². The van der Waals surface area contributed by atoms with Crippen molar-refractivity contribution in [3.8, 4) is 5.75 Å². The molecular formula is C16H21Cl2NO2. The van der Waals surface area contributed by atoms with E-state index in [-0.39, 0.29) is 11.9 Å². The molecule has 0 aromatic heterocycles. The smallest absolute Gasteiger partial charge is 0.232 e. The molecule has 0 N–H and O–H groups in total. The molecule has 2 unspecified atom stereocenters. The Bertz CT molecular complexity index is 547. The maximum absolute atomic E-state index is 12.8. The van der Waals surface area contributed by atoms with Crippen molar-refractivity contribution < 1.29 is 9.53 Å². The van der Waals surface area contributed by atoms with Crippen LogP contribution < -0.4 is 4.74 Å². The quantitative estimate of drug-likeness (QED) is 0.758. The van der Waals surface area contributed by atoms with Crippen LogP contribution in [0.1, 0.15) is 38.8 Å². The number of alkyl halides is 2. The molecule has 0 bridgehead atoms. The maximum atomic E-state index is 12.8. The van der Waals surface area contributed by atoms with Gasteiger partial charge in [-0.25, -0.2) is 0 Å². The molecule has 2 rings (SSSR count). The van der Waals surface area contributed by atoms with Gasteiger partial charge in [-0.1, -0.05) is 12.1 Å². The maximum Gasteiger partial charge on any atom is 0.232 e. The van der Waals surface area contributed by atoms with Gasteiger partial charge in [0.25, 0.3) is 0 Å². The first-order chi connectivity index (χ1) is 9.76. The predicted molar refractivity (Wildman–Crippen MR) is 86.0 cm³/mol. The summed E-state index contributed by atoms with van der Waals surface area (Å²) in [5.74, 6) is 0.787. The van der Waals surface area contributed by atoms with Gasteiger partial charge in [0.05, 0.1) is 18.6 Å². The lowest BCUT2D eigenvalue weighted by Crippen LogP contribution is -2.39. The summed E-state index contributed by atoms with van der Waals surface area (Å²) in [4.78, 5) is 14.6. The monoisotopic (exact) mass is 329 g/mol. The van der Waals surface area contributed by atoms with E-state index in [4.69, 9.17) is 27.9 Å². The Morgan fingerprint density at radius 3 is 2.57 bits per heavy atom. The number of nitrogens with zero attached hydrogens (tertiary/aromatic N) is 1. The molecule has 3 nitrogen and oxygen atoms in total. The minimum Gasteiger partial charge on any atom is -0.497 e. The van der Waals surface area contributed by atoms with Crippen LogP contribution in [0.2, 0.25) is 0 Å². The van der Waals surface area contributed by atoms with Gasteiger partial charge in [-0.05, 0) is 44.9 Å². The third kappa shape index (κ3) is 2.86. The van der Waals surface area contributed by atoms with E-state index < -0.39 is 9.75 Å². The largest absolute Gasteiger partial charge is 0.497 e. The number of carbonyl (C=O) groups excluding carboxylic acids is 1.